The third-order valence-corrected chi connectivity index (χ3v) is 0.876. The van der Waals surface area contributed by atoms with E-state index in [4.69, 9.17) is 10.2 Å². The van der Waals surface area contributed by atoms with Gasteiger partial charge in [-0.05, 0) is 0 Å². The monoisotopic (exact) mass is 144 g/mol. The average Bonchev–Trinajstić information content (AvgIpc) is 1.82. The highest BCUT2D eigenvalue weighted by Crippen LogP contribution is 2.01. The van der Waals surface area contributed by atoms with Crippen LogP contribution in [0.2, 0.25) is 0 Å². The van der Waals surface area contributed by atoms with E-state index in [2.05, 4.69) is 6.58 Å². The van der Waals surface area contributed by atoms with E-state index in [1.54, 1.807) is 0 Å². The average molecular weight is 144 g/mol. The van der Waals surface area contributed by atoms with Crippen molar-refractivity contribution in [3.05, 3.63) is 12.3 Å². The summed E-state index contributed by atoms with van der Waals surface area (Å²) in [4.78, 5) is 0. The van der Waals surface area contributed by atoms with Gasteiger partial charge in [-0.15, -0.1) is 4.39 Å². The fourth-order valence-corrected chi connectivity index (χ4v) is 0.501. The zero-order valence-corrected chi connectivity index (χ0v) is 5.47. The Morgan fingerprint density at radius 3 is 2.70 bits per heavy atom. The molecule has 0 aromatic rings. The SMILES string of the molecule is C=C(O)CC(O)CC#CF. The Labute approximate surface area is 59.0 Å². The summed E-state index contributed by atoms with van der Waals surface area (Å²) in [7, 11) is 0. The molecule has 0 radical (unpaired) electrons. The van der Waals surface area contributed by atoms with E-state index in [0.29, 0.717) is 0 Å². The van der Waals surface area contributed by atoms with Crippen molar-refractivity contribution < 1.29 is 14.6 Å². The van der Waals surface area contributed by atoms with Crippen molar-refractivity contribution in [2.24, 2.45) is 0 Å². The minimum atomic E-state index is -0.819. The first-order chi connectivity index (χ1) is 4.66. The number of aliphatic hydroxyl groups excluding tert-OH is 2. The highest BCUT2D eigenvalue weighted by molar-refractivity contribution is 4.95. The molecule has 0 bridgehead atoms. The fraction of sp³-hybridized carbons (Fsp3) is 0.429. The summed E-state index contributed by atoms with van der Waals surface area (Å²) < 4.78 is 11.1. The molecular formula is C7H9FO2. The maximum atomic E-state index is 11.1. The lowest BCUT2D eigenvalue weighted by atomic mass is 10.2. The number of rotatable bonds is 3. The van der Waals surface area contributed by atoms with Gasteiger partial charge in [0.1, 0.15) is 6.17 Å². The zero-order chi connectivity index (χ0) is 7.98. The maximum absolute atomic E-state index is 11.1. The second-order valence-corrected chi connectivity index (χ2v) is 1.90. The molecule has 0 aliphatic rings. The van der Waals surface area contributed by atoms with Crippen molar-refractivity contribution in [2.75, 3.05) is 0 Å². The van der Waals surface area contributed by atoms with Crippen LogP contribution in [0, 0.1) is 12.1 Å². The van der Waals surface area contributed by atoms with E-state index in [0.717, 1.165) is 6.17 Å². The van der Waals surface area contributed by atoms with Crippen molar-refractivity contribution in [2.45, 2.75) is 18.9 Å². The van der Waals surface area contributed by atoms with Gasteiger partial charge in [-0.2, -0.15) is 0 Å². The lowest BCUT2D eigenvalue weighted by Gasteiger charge is -2.03. The largest absolute Gasteiger partial charge is 0.513 e. The molecule has 3 heteroatoms. The highest BCUT2D eigenvalue weighted by atomic mass is 19.1. The van der Waals surface area contributed by atoms with E-state index in [-0.39, 0.29) is 18.6 Å². The van der Waals surface area contributed by atoms with Crippen LogP contribution in [-0.4, -0.2) is 16.3 Å². The fourth-order valence-electron chi connectivity index (χ4n) is 0.501. The van der Waals surface area contributed by atoms with Crippen LogP contribution < -0.4 is 0 Å². The first kappa shape index (κ1) is 8.99. The van der Waals surface area contributed by atoms with Gasteiger partial charge in [0.05, 0.1) is 11.9 Å². The first-order valence-electron chi connectivity index (χ1n) is 2.80. The summed E-state index contributed by atoms with van der Waals surface area (Å²) in [6.07, 6.45) is 0.406. The molecule has 0 saturated carbocycles. The standard InChI is InChI=1S/C7H9FO2/c1-6(9)5-7(10)3-2-4-8/h7,9-10H,1,3,5H2. The number of aliphatic hydroxyl groups is 2. The molecule has 0 spiro atoms. The van der Waals surface area contributed by atoms with Crippen LogP contribution in [0.15, 0.2) is 12.3 Å². The van der Waals surface area contributed by atoms with Gasteiger partial charge in [-0.3, -0.25) is 0 Å². The first-order valence-corrected chi connectivity index (χ1v) is 2.80. The molecule has 0 amide bonds. The van der Waals surface area contributed by atoms with Crippen LogP contribution in [0.5, 0.6) is 0 Å². The molecule has 2 nitrogen and oxygen atoms in total. The minimum Gasteiger partial charge on any atom is -0.513 e. The Kier molecular flexibility index (Phi) is 4.34. The lowest BCUT2D eigenvalue weighted by molar-refractivity contribution is 0.163. The van der Waals surface area contributed by atoms with Crippen molar-refractivity contribution >= 4 is 0 Å². The van der Waals surface area contributed by atoms with Crippen molar-refractivity contribution in [1.29, 1.82) is 0 Å². The third-order valence-electron chi connectivity index (χ3n) is 0.876. The minimum absolute atomic E-state index is 0.0239. The van der Waals surface area contributed by atoms with E-state index in [9.17, 15) is 4.39 Å². The Hall–Kier alpha value is -1.01. The zero-order valence-electron chi connectivity index (χ0n) is 5.47. The van der Waals surface area contributed by atoms with Gasteiger partial charge >= 0.3 is 0 Å². The summed E-state index contributed by atoms with van der Waals surface area (Å²) in [6, 6.07) is 0. The van der Waals surface area contributed by atoms with Gasteiger partial charge in [0.15, 0.2) is 0 Å². The van der Waals surface area contributed by atoms with Crippen LogP contribution in [0.1, 0.15) is 12.8 Å². The van der Waals surface area contributed by atoms with Crippen molar-refractivity contribution in [1.82, 2.24) is 0 Å². The molecule has 1 unspecified atom stereocenters. The molecular weight excluding hydrogens is 135 g/mol. The summed E-state index contributed by atoms with van der Waals surface area (Å²) in [5.74, 6) is 1.92. The molecule has 0 aliphatic heterocycles. The quantitative estimate of drug-likeness (QED) is 0.460. The van der Waals surface area contributed by atoms with Gasteiger partial charge < -0.3 is 10.2 Å². The number of hydrogen-bond donors (Lipinski definition) is 2. The normalized spacial score (nSPS) is 11.4. The third kappa shape index (κ3) is 5.13. The summed E-state index contributed by atoms with van der Waals surface area (Å²) in [6.45, 7) is 3.16. The van der Waals surface area contributed by atoms with E-state index >= 15 is 0 Å². The molecule has 0 aromatic heterocycles. The van der Waals surface area contributed by atoms with Crippen LogP contribution in [-0.2, 0) is 0 Å². The topological polar surface area (TPSA) is 40.5 Å². The molecule has 1 atom stereocenters. The van der Waals surface area contributed by atoms with Gasteiger partial charge in [0, 0.05) is 12.8 Å². The predicted molar refractivity (Wildman–Crippen MR) is 35.9 cm³/mol. The van der Waals surface area contributed by atoms with Crippen LogP contribution in [0.25, 0.3) is 0 Å². The van der Waals surface area contributed by atoms with Gasteiger partial charge in [0.2, 0.25) is 0 Å². The smallest absolute Gasteiger partial charge is 0.105 e. The van der Waals surface area contributed by atoms with Gasteiger partial charge in [-0.25, -0.2) is 0 Å². The summed E-state index contributed by atoms with van der Waals surface area (Å²) >= 11 is 0. The molecule has 2 N–H and O–H groups in total. The molecule has 10 heavy (non-hydrogen) atoms. The molecule has 0 saturated heterocycles. The van der Waals surface area contributed by atoms with Crippen LogP contribution in [0.4, 0.5) is 4.39 Å². The molecule has 0 aromatic carbocycles. The molecule has 0 fully saturated rings. The Morgan fingerprint density at radius 2 is 2.30 bits per heavy atom. The summed E-state index contributed by atoms with van der Waals surface area (Å²) in [5, 5.41) is 17.4. The van der Waals surface area contributed by atoms with Crippen LogP contribution in [0.3, 0.4) is 0 Å². The van der Waals surface area contributed by atoms with E-state index in [1.807, 2.05) is 5.92 Å². The van der Waals surface area contributed by atoms with Crippen LogP contribution >= 0.6 is 0 Å². The maximum Gasteiger partial charge on any atom is 0.105 e. The second kappa shape index (κ2) is 4.83. The molecule has 0 heterocycles. The van der Waals surface area contributed by atoms with Crippen molar-refractivity contribution in [3.8, 4) is 12.1 Å². The Bertz CT molecular complexity index is 166. The number of hydrogen-bond acceptors (Lipinski definition) is 2. The predicted octanol–water partition coefficient (Wildman–Crippen LogP) is 1.13. The van der Waals surface area contributed by atoms with Gasteiger partial charge in [0.25, 0.3) is 0 Å². The molecule has 0 rings (SSSR count). The Morgan fingerprint density at radius 1 is 1.70 bits per heavy atom. The second-order valence-electron chi connectivity index (χ2n) is 1.90. The molecule has 56 valence electrons. The molecule has 0 aliphatic carbocycles. The summed E-state index contributed by atoms with van der Waals surface area (Å²) in [5.41, 5.74) is 0. The highest BCUT2D eigenvalue weighted by Gasteiger charge is 2.02. The Balaban J connectivity index is 3.50. The van der Waals surface area contributed by atoms with Gasteiger partial charge in [-0.1, -0.05) is 12.5 Å². The van der Waals surface area contributed by atoms with Crippen molar-refractivity contribution in [3.63, 3.8) is 0 Å². The van der Waals surface area contributed by atoms with E-state index < -0.39 is 6.10 Å². The lowest BCUT2D eigenvalue weighted by Crippen LogP contribution is -2.05. The number of halogens is 1. The van der Waals surface area contributed by atoms with E-state index in [1.165, 1.54) is 0 Å².